The largest absolute Gasteiger partial charge is 0.484 e. The Labute approximate surface area is 132 Å². The van der Waals surface area contributed by atoms with Crippen molar-refractivity contribution < 1.29 is 14.6 Å². The van der Waals surface area contributed by atoms with Crippen LogP contribution in [0.2, 0.25) is 0 Å². The number of piperidine rings is 1. The third kappa shape index (κ3) is 4.71. The second-order valence-corrected chi connectivity index (χ2v) is 6.48. The number of carbonyl (C=O) groups is 1. The highest BCUT2D eigenvalue weighted by molar-refractivity contribution is 5.78. The van der Waals surface area contributed by atoms with Gasteiger partial charge in [-0.15, -0.1) is 0 Å². The van der Waals surface area contributed by atoms with Crippen LogP contribution in [0.1, 0.15) is 18.4 Å². The number of benzene rings is 1. The number of β-amino-alcohol motifs (C(OH)–C–C–N with tert-alkyl or cyclic N) is 1. The van der Waals surface area contributed by atoms with Gasteiger partial charge in [0.2, 0.25) is 0 Å². The standard InChI is InChI=1S/C17H26N2O3/c1-14-5-7-15(8-6-14)22-11-16(20)19-10-4-9-17(21,13-19)12-18(2)3/h5-8,21H,4,9-13H2,1-3H3/t17-/m1/s1. The summed E-state index contributed by atoms with van der Waals surface area (Å²) in [5.74, 6) is 0.622. The first kappa shape index (κ1) is 16.8. The molecule has 0 radical (unpaired) electrons. The van der Waals surface area contributed by atoms with Gasteiger partial charge in [-0.25, -0.2) is 0 Å². The van der Waals surface area contributed by atoms with Crippen molar-refractivity contribution in [2.24, 2.45) is 0 Å². The molecule has 1 N–H and O–H groups in total. The van der Waals surface area contributed by atoms with Crippen LogP contribution in [0.25, 0.3) is 0 Å². The van der Waals surface area contributed by atoms with E-state index in [1.807, 2.05) is 50.2 Å². The number of likely N-dealkylation sites (tertiary alicyclic amines) is 1. The first-order chi connectivity index (χ1) is 10.4. The number of rotatable bonds is 5. The van der Waals surface area contributed by atoms with Crippen molar-refractivity contribution in [3.05, 3.63) is 29.8 Å². The molecule has 0 bridgehead atoms. The lowest BCUT2D eigenvalue weighted by Crippen LogP contribution is -2.55. The fraction of sp³-hybridized carbons (Fsp3) is 0.588. The van der Waals surface area contributed by atoms with Crippen molar-refractivity contribution in [3.8, 4) is 5.75 Å². The Kier molecular flexibility index (Phi) is 5.42. The van der Waals surface area contributed by atoms with E-state index in [1.54, 1.807) is 4.90 Å². The molecule has 1 amide bonds. The summed E-state index contributed by atoms with van der Waals surface area (Å²) in [6, 6.07) is 7.63. The maximum atomic E-state index is 12.3. The Morgan fingerprint density at radius 3 is 2.68 bits per heavy atom. The maximum absolute atomic E-state index is 12.3. The second kappa shape index (κ2) is 7.11. The highest BCUT2D eigenvalue weighted by atomic mass is 16.5. The molecule has 1 fully saturated rings. The number of ether oxygens (including phenoxy) is 1. The third-order valence-electron chi connectivity index (χ3n) is 3.90. The van der Waals surface area contributed by atoms with Gasteiger partial charge in [-0.2, -0.15) is 0 Å². The average Bonchev–Trinajstić information content (AvgIpc) is 2.45. The Morgan fingerprint density at radius 2 is 2.05 bits per heavy atom. The number of nitrogens with zero attached hydrogens (tertiary/aromatic N) is 2. The number of aliphatic hydroxyl groups is 1. The van der Waals surface area contributed by atoms with Crippen molar-refractivity contribution in [1.29, 1.82) is 0 Å². The lowest BCUT2D eigenvalue weighted by atomic mass is 9.92. The predicted octanol–water partition coefficient (Wildman–Crippen LogP) is 1.29. The summed E-state index contributed by atoms with van der Waals surface area (Å²) in [4.78, 5) is 16.0. The predicted molar refractivity (Wildman–Crippen MR) is 86.0 cm³/mol. The molecule has 5 nitrogen and oxygen atoms in total. The van der Waals surface area contributed by atoms with Crippen molar-refractivity contribution in [2.75, 3.05) is 40.3 Å². The molecule has 0 aromatic heterocycles. The van der Waals surface area contributed by atoms with Gasteiger partial charge in [0.05, 0.1) is 12.1 Å². The molecule has 1 aromatic rings. The number of hydrogen-bond donors (Lipinski definition) is 1. The van der Waals surface area contributed by atoms with Crippen LogP contribution in [-0.4, -0.2) is 66.8 Å². The van der Waals surface area contributed by atoms with Crippen LogP contribution in [0.15, 0.2) is 24.3 Å². The van der Waals surface area contributed by atoms with E-state index in [1.165, 1.54) is 0 Å². The van der Waals surface area contributed by atoms with E-state index in [2.05, 4.69) is 0 Å². The molecule has 1 atom stereocenters. The minimum atomic E-state index is -0.818. The van der Waals surface area contributed by atoms with Crippen molar-refractivity contribution in [2.45, 2.75) is 25.4 Å². The smallest absolute Gasteiger partial charge is 0.260 e. The Balaban J connectivity index is 1.87. The number of carbonyl (C=O) groups excluding carboxylic acids is 1. The van der Waals surface area contributed by atoms with E-state index in [0.29, 0.717) is 25.4 Å². The zero-order valence-electron chi connectivity index (χ0n) is 13.7. The minimum Gasteiger partial charge on any atom is -0.484 e. The highest BCUT2D eigenvalue weighted by Gasteiger charge is 2.35. The molecule has 1 heterocycles. The lowest BCUT2D eigenvalue weighted by Gasteiger charge is -2.40. The first-order valence-corrected chi connectivity index (χ1v) is 7.72. The summed E-state index contributed by atoms with van der Waals surface area (Å²) in [6.45, 7) is 3.65. The zero-order valence-corrected chi connectivity index (χ0v) is 13.7. The van der Waals surface area contributed by atoms with E-state index in [-0.39, 0.29) is 12.5 Å². The summed E-state index contributed by atoms with van der Waals surface area (Å²) in [5, 5.41) is 10.6. The average molecular weight is 306 g/mol. The molecule has 1 aromatic carbocycles. The Hall–Kier alpha value is -1.59. The minimum absolute atomic E-state index is 0.0150. The summed E-state index contributed by atoms with van der Waals surface area (Å²) in [5.41, 5.74) is 0.338. The molecule has 0 saturated carbocycles. The molecule has 122 valence electrons. The normalized spacial score (nSPS) is 22.0. The molecule has 1 aliphatic heterocycles. The summed E-state index contributed by atoms with van der Waals surface area (Å²) >= 11 is 0. The molecule has 22 heavy (non-hydrogen) atoms. The van der Waals surface area contributed by atoms with E-state index in [0.717, 1.165) is 18.4 Å². The van der Waals surface area contributed by atoms with Gasteiger partial charge in [0.25, 0.3) is 5.91 Å². The van der Waals surface area contributed by atoms with E-state index in [9.17, 15) is 9.90 Å². The molecule has 1 aliphatic rings. The Bertz CT molecular complexity index is 501. The van der Waals surface area contributed by atoms with Crippen LogP contribution in [-0.2, 0) is 4.79 Å². The monoisotopic (exact) mass is 306 g/mol. The maximum Gasteiger partial charge on any atom is 0.260 e. The van der Waals surface area contributed by atoms with Gasteiger partial charge < -0.3 is 19.6 Å². The van der Waals surface area contributed by atoms with Crippen molar-refractivity contribution >= 4 is 5.91 Å². The van der Waals surface area contributed by atoms with Crippen LogP contribution in [0.4, 0.5) is 0 Å². The summed E-state index contributed by atoms with van der Waals surface area (Å²) in [7, 11) is 3.86. The topological polar surface area (TPSA) is 53.0 Å². The molecule has 0 aliphatic carbocycles. The molecule has 5 heteroatoms. The molecule has 1 saturated heterocycles. The van der Waals surface area contributed by atoms with Crippen molar-refractivity contribution in [1.82, 2.24) is 9.80 Å². The van der Waals surface area contributed by atoms with Gasteiger partial charge in [0, 0.05) is 13.1 Å². The quantitative estimate of drug-likeness (QED) is 0.890. The van der Waals surface area contributed by atoms with Crippen LogP contribution >= 0.6 is 0 Å². The van der Waals surface area contributed by atoms with Crippen LogP contribution in [0.5, 0.6) is 5.75 Å². The summed E-state index contributed by atoms with van der Waals surface area (Å²) in [6.07, 6.45) is 1.55. The van der Waals surface area contributed by atoms with Gasteiger partial charge >= 0.3 is 0 Å². The molecule has 0 unspecified atom stereocenters. The SMILES string of the molecule is Cc1ccc(OCC(=O)N2CCC[C@@](O)(CN(C)C)C2)cc1. The fourth-order valence-electron chi connectivity index (χ4n) is 2.91. The van der Waals surface area contributed by atoms with E-state index in [4.69, 9.17) is 4.74 Å². The van der Waals surface area contributed by atoms with E-state index < -0.39 is 5.60 Å². The van der Waals surface area contributed by atoms with Gasteiger partial charge in [0.1, 0.15) is 5.75 Å². The Morgan fingerprint density at radius 1 is 1.36 bits per heavy atom. The molecular weight excluding hydrogens is 280 g/mol. The number of amides is 1. The van der Waals surface area contributed by atoms with Gasteiger partial charge in [0.15, 0.2) is 6.61 Å². The van der Waals surface area contributed by atoms with Crippen molar-refractivity contribution in [3.63, 3.8) is 0 Å². The first-order valence-electron chi connectivity index (χ1n) is 7.72. The zero-order chi connectivity index (χ0) is 16.2. The van der Waals surface area contributed by atoms with Crippen LogP contribution < -0.4 is 4.74 Å². The fourth-order valence-corrected chi connectivity index (χ4v) is 2.91. The van der Waals surface area contributed by atoms with Gasteiger partial charge in [-0.05, 0) is 46.0 Å². The van der Waals surface area contributed by atoms with Crippen LogP contribution in [0.3, 0.4) is 0 Å². The third-order valence-corrected chi connectivity index (χ3v) is 3.90. The molecule has 0 spiro atoms. The molecular formula is C17H26N2O3. The van der Waals surface area contributed by atoms with Crippen LogP contribution in [0, 0.1) is 6.92 Å². The van der Waals surface area contributed by atoms with Gasteiger partial charge in [-0.1, -0.05) is 17.7 Å². The highest BCUT2D eigenvalue weighted by Crippen LogP contribution is 2.22. The number of aryl methyl sites for hydroxylation is 1. The molecule has 2 rings (SSSR count). The van der Waals surface area contributed by atoms with Gasteiger partial charge in [-0.3, -0.25) is 4.79 Å². The number of hydrogen-bond acceptors (Lipinski definition) is 4. The lowest BCUT2D eigenvalue weighted by molar-refractivity contribution is -0.141. The van der Waals surface area contributed by atoms with E-state index >= 15 is 0 Å². The number of likely N-dealkylation sites (N-methyl/N-ethyl adjacent to an activating group) is 1. The second-order valence-electron chi connectivity index (χ2n) is 6.48. The summed E-state index contributed by atoms with van der Waals surface area (Å²) < 4.78 is 5.54.